The lowest BCUT2D eigenvalue weighted by molar-refractivity contribution is -0.142. The number of nitrogens with one attached hydrogen (secondary N) is 1. The van der Waals surface area contributed by atoms with Crippen LogP contribution in [0.3, 0.4) is 0 Å². The fourth-order valence-corrected chi connectivity index (χ4v) is 4.96. The SMILES string of the molecule is O=S(=O)(NC(CO)(CO)CO)c1cncc(C#Cc2cnn3c(C(F)(F)F)cc(-c4ccc(C(F)(F)F)cc4)nc23)c1. The van der Waals surface area contributed by atoms with Gasteiger partial charge in [0, 0.05) is 23.5 Å². The summed E-state index contributed by atoms with van der Waals surface area (Å²) in [6.45, 7) is -2.78. The largest absolute Gasteiger partial charge is 0.433 e. The Labute approximate surface area is 233 Å². The predicted molar refractivity (Wildman–Crippen MR) is 133 cm³/mol. The zero-order valence-corrected chi connectivity index (χ0v) is 21.8. The minimum atomic E-state index is -4.93. The van der Waals surface area contributed by atoms with Gasteiger partial charge in [0.1, 0.15) is 10.4 Å². The number of aliphatic hydroxyl groups is 3. The van der Waals surface area contributed by atoms with Crippen LogP contribution in [-0.2, 0) is 22.4 Å². The molecule has 0 fully saturated rings. The number of alkyl halides is 6. The molecule has 17 heteroatoms. The van der Waals surface area contributed by atoms with Crippen molar-refractivity contribution in [2.75, 3.05) is 19.8 Å². The molecule has 0 bridgehead atoms. The molecule has 222 valence electrons. The van der Waals surface area contributed by atoms with Crippen LogP contribution >= 0.6 is 0 Å². The molecule has 10 nitrogen and oxygen atoms in total. The molecule has 42 heavy (non-hydrogen) atoms. The van der Waals surface area contributed by atoms with Crippen LogP contribution in [0.4, 0.5) is 26.3 Å². The maximum absolute atomic E-state index is 13.9. The normalized spacial score (nSPS) is 12.8. The summed E-state index contributed by atoms with van der Waals surface area (Å²) in [6, 6.07) is 5.06. The summed E-state index contributed by atoms with van der Waals surface area (Å²) in [5.41, 5.74) is -5.08. The number of nitrogens with zero attached hydrogens (tertiary/aromatic N) is 4. The molecule has 4 N–H and O–H groups in total. The maximum Gasteiger partial charge on any atom is 0.433 e. The third kappa shape index (κ3) is 6.37. The molecule has 0 atom stereocenters. The van der Waals surface area contributed by atoms with Gasteiger partial charge in [0.25, 0.3) is 0 Å². The van der Waals surface area contributed by atoms with E-state index in [0.29, 0.717) is 22.7 Å². The summed E-state index contributed by atoms with van der Waals surface area (Å²) in [5, 5.41) is 31.9. The van der Waals surface area contributed by atoms with E-state index in [1.165, 1.54) is 0 Å². The fraction of sp³-hybridized carbons (Fsp3) is 0.240. The van der Waals surface area contributed by atoms with Crippen LogP contribution in [0.15, 0.2) is 59.9 Å². The summed E-state index contributed by atoms with van der Waals surface area (Å²) in [4.78, 5) is 7.44. The number of hydrogen-bond acceptors (Lipinski definition) is 8. The average Bonchev–Trinajstić information content (AvgIpc) is 3.36. The molecule has 1 aromatic carbocycles. The number of hydrogen-bond donors (Lipinski definition) is 4. The standard InChI is InChI=1S/C25H19F6N5O5S/c26-24(27,28)18-5-3-16(4-6-18)20-8-21(25(29,30)31)36-22(34-20)17(10-33-36)2-1-15-7-19(11-32-9-15)42(40,41)35-23(12-37,13-38)14-39/h3-11,35,37-39H,12-14H2. The second kappa shape index (κ2) is 11.3. The van der Waals surface area contributed by atoms with Crippen LogP contribution in [0, 0.1) is 11.8 Å². The quantitative estimate of drug-likeness (QED) is 0.183. The monoisotopic (exact) mass is 615 g/mol. The van der Waals surface area contributed by atoms with E-state index in [9.17, 15) is 50.1 Å². The highest BCUT2D eigenvalue weighted by atomic mass is 32.2. The van der Waals surface area contributed by atoms with Gasteiger partial charge in [0.15, 0.2) is 11.3 Å². The minimum absolute atomic E-state index is 0.0187. The van der Waals surface area contributed by atoms with Crippen molar-refractivity contribution < 1.29 is 50.1 Å². The van der Waals surface area contributed by atoms with Gasteiger partial charge in [-0.2, -0.15) is 36.2 Å². The fourth-order valence-electron chi connectivity index (χ4n) is 3.60. The molecule has 0 spiro atoms. The van der Waals surface area contributed by atoms with Crippen molar-refractivity contribution in [3.05, 3.63) is 77.4 Å². The van der Waals surface area contributed by atoms with Crippen molar-refractivity contribution in [2.24, 2.45) is 0 Å². The first-order valence-electron chi connectivity index (χ1n) is 11.6. The van der Waals surface area contributed by atoms with Crippen LogP contribution in [0.5, 0.6) is 0 Å². The van der Waals surface area contributed by atoms with E-state index >= 15 is 0 Å². The molecule has 0 aliphatic carbocycles. The first-order chi connectivity index (χ1) is 19.6. The molecule has 3 heterocycles. The van der Waals surface area contributed by atoms with Gasteiger partial charge in [-0.25, -0.2) is 17.9 Å². The number of fused-ring (bicyclic) bond motifs is 1. The Morgan fingerprint density at radius 2 is 1.50 bits per heavy atom. The highest BCUT2D eigenvalue weighted by Crippen LogP contribution is 2.34. The van der Waals surface area contributed by atoms with E-state index in [2.05, 4.69) is 26.9 Å². The summed E-state index contributed by atoms with van der Waals surface area (Å²) in [5.74, 6) is 5.09. The Hall–Kier alpha value is -4.08. The molecule has 4 rings (SSSR count). The van der Waals surface area contributed by atoms with Crippen LogP contribution in [0.2, 0.25) is 0 Å². The van der Waals surface area contributed by atoms with Crippen molar-refractivity contribution in [2.45, 2.75) is 22.8 Å². The number of rotatable bonds is 7. The second-order valence-corrected chi connectivity index (χ2v) is 10.6. The van der Waals surface area contributed by atoms with Gasteiger partial charge in [-0.1, -0.05) is 24.0 Å². The van der Waals surface area contributed by atoms with Crippen LogP contribution < -0.4 is 4.72 Å². The molecule has 0 saturated carbocycles. The van der Waals surface area contributed by atoms with E-state index in [-0.39, 0.29) is 28.0 Å². The Kier molecular flexibility index (Phi) is 8.31. The van der Waals surface area contributed by atoms with Crippen molar-refractivity contribution in [3.63, 3.8) is 0 Å². The van der Waals surface area contributed by atoms with Crippen LogP contribution in [0.1, 0.15) is 22.4 Å². The molecule has 0 aliphatic heterocycles. The highest BCUT2D eigenvalue weighted by Gasteiger charge is 2.36. The van der Waals surface area contributed by atoms with Crippen molar-refractivity contribution in [1.29, 1.82) is 0 Å². The number of aromatic nitrogens is 4. The van der Waals surface area contributed by atoms with E-state index in [1.54, 1.807) is 0 Å². The second-order valence-electron chi connectivity index (χ2n) is 8.91. The smallest absolute Gasteiger partial charge is 0.394 e. The third-order valence-corrected chi connectivity index (χ3v) is 7.44. The van der Waals surface area contributed by atoms with Crippen LogP contribution in [-0.4, -0.2) is 68.7 Å². The van der Waals surface area contributed by atoms with Crippen molar-refractivity contribution in [1.82, 2.24) is 24.3 Å². The Bertz CT molecular complexity index is 1770. The van der Waals surface area contributed by atoms with Gasteiger partial charge in [-0.3, -0.25) is 4.98 Å². The molecule has 4 aromatic rings. The lowest BCUT2D eigenvalue weighted by atomic mass is 10.1. The molecular weight excluding hydrogens is 596 g/mol. The predicted octanol–water partition coefficient (Wildman–Crippen LogP) is 2.22. The topological polar surface area (TPSA) is 150 Å². The Morgan fingerprint density at radius 1 is 0.857 bits per heavy atom. The number of aliphatic hydroxyl groups excluding tert-OH is 3. The first kappa shape index (κ1) is 30.9. The number of benzene rings is 1. The first-order valence-corrected chi connectivity index (χ1v) is 13.1. The maximum atomic E-state index is 13.9. The van der Waals surface area contributed by atoms with E-state index in [0.717, 1.165) is 36.8 Å². The van der Waals surface area contributed by atoms with Gasteiger partial charge in [-0.15, -0.1) is 0 Å². The molecular formula is C25H19F6N5O5S. The summed E-state index contributed by atoms with van der Waals surface area (Å²) < 4.78 is 108. The van der Waals surface area contributed by atoms with Gasteiger partial charge in [0.2, 0.25) is 10.0 Å². The van der Waals surface area contributed by atoms with Crippen molar-refractivity contribution >= 4 is 15.7 Å². The van der Waals surface area contributed by atoms with Gasteiger partial charge in [0.05, 0.1) is 42.8 Å². The molecule has 0 unspecified atom stereocenters. The average molecular weight is 616 g/mol. The van der Waals surface area contributed by atoms with Crippen molar-refractivity contribution in [3.8, 4) is 23.1 Å². The van der Waals surface area contributed by atoms with E-state index in [4.69, 9.17) is 0 Å². The Morgan fingerprint density at radius 3 is 2.07 bits per heavy atom. The zero-order valence-electron chi connectivity index (χ0n) is 20.9. The zero-order chi connectivity index (χ0) is 30.9. The van der Waals surface area contributed by atoms with Gasteiger partial charge >= 0.3 is 12.4 Å². The number of sulfonamides is 1. The number of pyridine rings is 1. The molecule has 0 aliphatic rings. The summed E-state index contributed by atoms with van der Waals surface area (Å²) in [7, 11) is -4.44. The molecule has 0 radical (unpaired) electrons. The third-order valence-electron chi connectivity index (χ3n) is 5.89. The van der Waals surface area contributed by atoms with E-state index < -0.39 is 63.9 Å². The lowest BCUT2D eigenvalue weighted by Gasteiger charge is -2.28. The van der Waals surface area contributed by atoms with Gasteiger partial charge < -0.3 is 15.3 Å². The minimum Gasteiger partial charge on any atom is -0.394 e. The molecule has 0 saturated heterocycles. The summed E-state index contributed by atoms with van der Waals surface area (Å²) in [6.07, 6.45) is -6.52. The van der Waals surface area contributed by atoms with Crippen LogP contribution in [0.25, 0.3) is 16.9 Å². The highest BCUT2D eigenvalue weighted by molar-refractivity contribution is 7.89. The molecule has 3 aromatic heterocycles. The summed E-state index contributed by atoms with van der Waals surface area (Å²) >= 11 is 0. The van der Waals surface area contributed by atoms with E-state index in [1.807, 2.05) is 4.72 Å². The van der Waals surface area contributed by atoms with Gasteiger partial charge in [-0.05, 0) is 24.3 Å². The lowest BCUT2D eigenvalue weighted by Crippen LogP contribution is -2.56. The Balaban J connectivity index is 1.76. The number of halogens is 6. The molecule has 0 amide bonds.